The monoisotopic (exact) mass is 523 g/mol. The minimum Gasteiger partial charge on any atom is -0.495 e. The minimum atomic E-state index is -3.88. The van der Waals surface area contributed by atoms with E-state index in [1.165, 1.54) is 18.1 Å². The Balaban J connectivity index is 2.41. The Hall–Kier alpha value is -2.78. The van der Waals surface area contributed by atoms with E-state index in [1.807, 2.05) is 44.2 Å². The first-order valence-corrected chi connectivity index (χ1v) is 13.8. The zero-order chi connectivity index (χ0) is 26.0. The number of nitrogens with zero attached hydrogens (tertiary/aromatic N) is 2. The minimum absolute atomic E-state index is 0.155. The van der Waals surface area contributed by atoms with Gasteiger partial charge in [-0.25, -0.2) is 8.42 Å². The summed E-state index contributed by atoms with van der Waals surface area (Å²) in [4.78, 5) is 28.0. The van der Waals surface area contributed by atoms with Crippen LogP contribution in [0.1, 0.15) is 32.3 Å². The summed E-state index contributed by atoms with van der Waals surface area (Å²) < 4.78 is 31.8. The predicted octanol–water partition coefficient (Wildman–Crippen LogP) is 3.49. The number of nitrogens with one attached hydrogen (secondary N) is 1. The third-order valence-corrected chi connectivity index (χ3v) is 6.87. The number of methoxy groups -OCH3 is 1. The number of ether oxygens (including phenoxy) is 1. The van der Waals surface area contributed by atoms with Gasteiger partial charge in [0.05, 0.1) is 19.1 Å². The molecule has 0 radical (unpaired) electrons. The van der Waals surface area contributed by atoms with Gasteiger partial charge in [-0.2, -0.15) is 0 Å². The Morgan fingerprint density at radius 3 is 2.37 bits per heavy atom. The van der Waals surface area contributed by atoms with Crippen LogP contribution in [0.2, 0.25) is 5.02 Å². The van der Waals surface area contributed by atoms with Gasteiger partial charge in [0, 0.05) is 18.1 Å². The van der Waals surface area contributed by atoms with Crippen LogP contribution in [0.5, 0.6) is 5.75 Å². The molecule has 2 aromatic rings. The van der Waals surface area contributed by atoms with Crippen molar-refractivity contribution < 1.29 is 22.7 Å². The lowest BCUT2D eigenvalue weighted by atomic mass is 10.1. The summed E-state index contributed by atoms with van der Waals surface area (Å²) in [5.41, 5.74) is 1.16. The van der Waals surface area contributed by atoms with E-state index >= 15 is 0 Å². The maximum atomic E-state index is 13.6. The number of benzene rings is 2. The molecule has 0 aliphatic heterocycles. The normalized spacial score (nSPS) is 12.0. The molecule has 0 aromatic heterocycles. The molecular weight excluding hydrogens is 490 g/mol. The molecule has 2 aromatic carbocycles. The quantitative estimate of drug-likeness (QED) is 0.433. The van der Waals surface area contributed by atoms with Crippen LogP contribution in [0, 0.1) is 0 Å². The third kappa shape index (κ3) is 8.14. The van der Waals surface area contributed by atoms with Crippen molar-refractivity contribution in [3.8, 4) is 5.75 Å². The van der Waals surface area contributed by atoms with Gasteiger partial charge in [-0.05, 0) is 43.0 Å². The Bertz CT molecular complexity index is 1100. The molecule has 35 heavy (non-hydrogen) atoms. The molecular formula is C25H34ClN3O5S. The van der Waals surface area contributed by atoms with Crippen LogP contribution in [-0.4, -0.2) is 64.2 Å². The Morgan fingerprint density at radius 2 is 1.80 bits per heavy atom. The predicted molar refractivity (Wildman–Crippen MR) is 139 cm³/mol. The van der Waals surface area contributed by atoms with Gasteiger partial charge in [-0.3, -0.25) is 13.9 Å². The fourth-order valence-electron chi connectivity index (χ4n) is 3.71. The summed E-state index contributed by atoms with van der Waals surface area (Å²) in [6, 6.07) is 13.4. The summed E-state index contributed by atoms with van der Waals surface area (Å²) in [6.45, 7) is 4.02. The highest BCUT2D eigenvalue weighted by molar-refractivity contribution is 7.92. The number of carbonyl (C=O) groups excluding carboxylic acids is 2. The molecule has 0 aliphatic rings. The molecule has 0 saturated carbocycles. The number of halogens is 1. The van der Waals surface area contributed by atoms with Gasteiger partial charge >= 0.3 is 0 Å². The van der Waals surface area contributed by atoms with Gasteiger partial charge in [-0.1, -0.05) is 55.8 Å². The SMILES string of the molecule is CCCNC(=O)C(CC)N(CCc1ccccc1)C(=O)CN(c1cc(Cl)ccc1OC)S(C)(=O)=O. The first-order chi connectivity index (χ1) is 16.6. The lowest BCUT2D eigenvalue weighted by Gasteiger charge is -2.33. The van der Waals surface area contributed by atoms with Gasteiger partial charge in [-0.15, -0.1) is 0 Å². The van der Waals surface area contributed by atoms with E-state index in [2.05, 4.69) is 5.32 Å². The second-order valence-corrected chi connectivity index (χ2v) is 10.5. The number of rotatable bonds is 13. The van der Waals surface area contributed by atoms with Gasteiger partial charge in [0.1, 0.15) is 18.3 Å². The highest BCUT2D eigenvalue weighted by atomic mass is 35.5. The Kier molecular flexibility index (Phi) is 10.9. The van der Waals surface area contributed by atoms with E-state index in [9.17, 15) is 18.0 Å². The smallest absolute Gasteiger partial charge is 0.244 e. The van der Waals surface area contributed by atoms with E-state index in [4.69, 9.17) is 16.3 Å². The third-order valence-electron chi connectivity index (χ3n) is 5.51. The van der Waals surface area contributed by atoms with Crippen LogP contribution in [-0.2, 0) is 26.0 Å². The van der Waals surface area contributed by atoms with Crippen molar-refractivity contribution in [3.05, 3.63) is 59.1 Å². The Morgan fingerprint density at radius 1 is 1.11 bits per heavy atom. The Labute approximate surface area is 213 Å². The second-order valence-electron chi connectivity index (χ2n) is 8.12. The van der Waals surface area contributed by atoms with Crippen LogP contribution in [0.4, 0.5) is 5.69 Å². The summed E-state index contributed by atoms with van der Waals surface area (Å²) >= 11 is 6.12. The fourth-order valence-corrected chi connectivity index (χ4v) is 4.73. The zero-order valence-electron chi connectivity index (χ0n) is 20.7. The standard InChI is InChI=1S/C25H34ClN3O5S/c1-5-15-27-25(31)21(6-2)28(16-14-19-10-8-7-9-11-19)24(30)18-29(35(4,32)33)22-17-20(26)12-13-23(22)34-3/h7-13,17,21H,5-6,14-16,18H2,1-4H3,(H,27,31). The first-order valence-electron chi connectivity index (χ1n) is 11.5. The molecule has 0 bridgehead atoms. The molecule has 10 heteroatoms. The topological polar surface area (TPSA) is 96.0 Å². The average molecular weight is 524 g/mol. The van der Waals surface area contributed by atoms with Crippen LogP contribution in [0.3, 0.4) is 0 Å². The molecule has 192 valence electrons. The molecule has 0 saturated heterocycles. The number of anilines is 1. The van der Waals surface area contributed by atoms with E-state index in [0.717, 1.165) is 22.5 Å². The molecule has 1 atom stereocenters. The number of carbonyl (C=O) groups is 2. The molecule has 2 amide bonds. The van der Waals surface area contributed by atoms with Gasteiger partial charge in [0.15, 0.2) is 0 Å². The van der Waals surface area contributed by atoms with Gasteiger partial charge in [0.2, 0.25) is 21.8 Å². The van der Waals surface area contributed by atoms with E-state index in [0.29, 0.717) is 24.4 Å². The average Bonchev–Trinajstić information content (AvgIpc) is 2.83. The maximum absolute atomic E-state index is 13.6. The summed E-state index contributed by atoms with van der Waals surface area (Å²) in [5.74, 6) is -0.495. The molecule has 8 nitrogen and oxygen atoms in total. The van der Waals surface area contributed by atoms with Crippen molar-refractivity contribution in [2.24, 2.45) is 0 Å². The largest absolute Gasteiger partial charge is 0.495 e. The van der Waals surface area contributed by atoms with Crippen LogP contribution in [0.25, 0.3) is 0 Å². The number of sulfonamides is 1. The van der Waals surface area contributed by atoms with Crippen molar-refractivity contribution >= 4 is 39.1 Å². The molecule has 1 N–H and O–H groups in total. The van der Waals surface area contributed by atoms with Crippen LogP contribution in [0.15, 0.2) is 48.5 Å². The van der Waals surface area contributed by atoms with E-state index < -0.39 is 28.5 Å². The van der Waals surface area contributed by atoms with Gasteiger partial charge in [0.25, 0.3) is 0 Å². The highest BCUT2D eigenvalue weighted by Gasteiger charge is 2.32. The summed E-state index contributed by atoms with van der Waals surface area (Å²) in [5, 5.41) is 3.15. The van der Waals surface area contributed by atoms with Crippen molar-refractivity contribution in [1.82, 2.24) is 10.2 Å². The molecule has 1 unspecified atom stereocenters. The van der Waals surface area contributed by atoms with Crippen molar-refractivity contribution in [2.75, 3.05) is 37.3 Å². The molecule has 0 heterocycles. The summed E-state index contributed by atoms with van der Waals surface area (Å²) in [6.07, 6.45) is 2.68. The number of hydrogen-bond donors (Lipinski definition) is 1. The molecule has 0 spiro atoms. The maximum Gasteiger partial charge on any atom is 0.244 e. The highest BCUT2D eigenvalue weighted by Crippen LogP contribution is 2.33. The summed E-state index contributed by atoms with van der Waals surface area (Å²) in [7, 11) is -2.47. The number of amides is 2. The fraction of sp³-hybridized carbons (Fsp3) is 0.440. The second kappa shape index (κ2) is 13.3. The first kappa shape index (κ1) is 28.5. The molecule has 2 rings (SSSR count). The van der Waals surface area contributed by atoms with E-state index in [1.54, 1.807) is 12.1 Å². The lowest BCUT2D eigenvalue weighted by Crippen LogP contribution is -2.53. The van der Waals surface area contributed by atoms with Crippen molar-refractivity contribution in [2.45, 2.75) is 39.2 Å². The molecule has 0 aliphatic carbocycles. The van der Waals surface area contributed by atoms with Gasteiger partial charge < -0.3 is 15.0 Å². The lowest BCUT2D eigenvalue weighted by molar-refractivity contribution is -0.139. The zero-order valence-corrected chi connectivity index (χ0v) is 22.2. The number of hydrogen-bond acceptors (Lipinski definition) is 5. The van der Waals surface area contributed by atoms with Crippen molar-refractivity contribution in [3.63, 3.8) is 0 Å². The van der Waals surface area contributed by atoms with Crippen LogP contribution >= 0.6 is 11.6 Å². The molecule has 0 fully saturated rings. The van der Waals surface area contributed by atoms with E-state index in [-0.39, 0.29) is 23.9 Å². The van der Waals surface area contributed by atoms with Crippen molar-refractivity contribution in [1.29, 1.82) is 0 Å². The van der Waals surface area contributed by atoms with Crippen LogP contribution < -0.4 is 14.4 Å².